The number of fused-ring (bicyclic) bond motifs is 3. The van der Waals surface area contributed by atoms with E-state index in [1.54, 1.807) is 18.6 Å². The van der Waals surface area contributed by atoms with Gasteiger partial charge in [-0.2, -0.15) is 0 Å². The molecular formula is C42H51FN8O3. The van der Waals surface area contributed by atoms with E-state index >= 15 is 0 Å². The van der Waals surface area contributed by atoms with Crippen LogP contribution in [0.3, 0.4) is 0 Å². The van der Waals surface area contributed by atoms with Crippen LogP contribution in [0.1, 0.15) is 91.2 Å². The van der Waals surface area contributed by atoms with Crippen LogP contribution in [-0.4, -0.2) is 91.6 Å². The number of hydrogen-bond donors (Lipinski definition) is 1. The summed E-state index contributed by atoms with van der Waals surface area (Å²) >= 11 is 0. The standard InChI is InChI=1S/C42H51FN8O3/c1-25(2)50-24-45-34-21-33(47-38(37(34)50)46-32-10-14-44-22-31(32)43)27-7-8-30-35(18-27)51(29-19-28(20-29)49-15-11-41(4,5)23-49)40(53)42(30)12-16-48(17-13-42)39(52)36-9-6-26(3)54-36/h7-8,10,14,18,21-22,24-26,28-29,36H,6,9,11-13,15-17,19-20,23H2,1-5H3,(H,44,46,47)/t26-,28-,29+,36?/m1/s1. The molecule has 2 atom stereocenters. The molecule has 1 N–H and O–H groups in total. The molecule has 1 unspecified atom stereocenters. The van der Waals surface area contributed by atoms with E-state index in [9.17, 15) is 14.0 Å². The van der Waals surface area contributed by atoms with Gasteiger partial charge in [-0.1, -0.05) is 26.0 Å². The van der Waals surface area contributed by atoms with Crippen LogP contribution in [-0.2, 0) is 19.7 Å². The molecule has 1 spiro atoms. The topological polar surface area (TPSA) is 109 Å². The van der Waals surface area contributed by atoms with E-state index in [-0.39, 0.29) is 41.8 Å². The lowest BCUT2D eigenvalue weighted by molar-refractivity contribution is -0.145. The zero-order chi connectivity index (χ0) is 37.5. The molecule has 3 aromatic heterocycles. The Morgan fingerprint density at radius 2 is 1.83 bits per heavy atom. The number of amides is 2. The molecular weight excluding hydrogens is 684 g/mol. The van der Waals surface area contributed by atoms with Gasteiger partial charge in [-0.25, -0.2) is 14.4 Å². The van der Waals surface area contributed by atoms with Crippen LogP contribution in [0.2, 0.25) is 0 Å². The van der Waals surface area contributed by atoms with Crippen LogP contribution in [0.25, 0.3) is 22.3 Å². The summed E-state index contributed by atoms with van der Waals surface area (Å²) in [6, 6.07) is 10.6. The van der Waals surface area contributed by atoms with E-state index in [1.165, 1.54) is 12.6 Å². The van der Waals surface area contributed by atoms with Gasteiger partial charge in [-0.3, -0.25) is 19.5 Å². The number of aromatic nitrogens is 4. The highest BCUT2D eigenvalue weighted by Gasteiger charge is 2.56. The van der Waals surface area contributed by atoms with Gasteiger partial charge < -0.3 is 24.4 Å². The van der Waals surface area contributed by atoms with E-state index < -0.39 is 11.2 Å². The molecule has 54 heavy (non-hydrogen) atoms. The highest BCUT2D eigenvalue weighted by Crippen LogP contribution is 2.52. The molecule has 284 valence electrons. The Morgan fingerprint density at radius 3 is 2.52 bits per heavy atom. The number of anilines is 3. The van der Waals surface area contributed by atoms with Crippen LogP contribution < -0.4 is 10.2 Å². The van der Waals surface area contributed by atoms with Gasteiger partial charge in [0.2, 0.25) is 5.91 Å². The number of carbonyl (C=O) groups excluding carboxylic acids is 2. The quantitative estimate of drug-likeness (QED) is 0.217. The minimum absolute atomic E-state index is 0.0554. The lowest BCUT2D eigenvalue weighted by atomic mass is 9.73. The molecule has 0 bridgehead atoms. The number of nitrogens with one attached hydrogen (secondary N) is 1. The first kappa shape index (κ1) is 35.3. The molecule has 2 amide bonds. The normalized spacial score (nSPS) is 26.2. The summed E-state index contributed by atoms with van der Waals surface area (Å²) in [6.07, 6.45) is 10.2. The minimum atomic E-state index is -0.686. The number of piperidine rings is 1. The van der Waals surface area contributed by atoms with Gasteiger partial charge in [0.15, 0.2) is 11.6 Å². The second-order valence-corrected chi connectivity index (χ2v) is 17.4. The van der Waals surface area contributed by atoms with Crippen LogP contribution in [0.5, 0.6) is 0 Å². The fourth-order valence-electron chi connectivity index (χ4n) is 9.72. The molecule has 1 aliphatic carbocycles. The maximum Gasteiger partial charge on any atom is 0.251 e. The number of ether oxygens (including phenoxy) is 1. The van der Waals surface area contributed by atoms with Crippen molar-refractivity contribution in [1.82, 2.24) is 29.3 Å². The number of nitrogens with zero attached hydrogens (tertiary/aromatic N) is 7. The molecule has 0 radical (unpaired) electrons. The molecule has 4 fully saturated rings. The summed E-state index contributed by atoms with van der Waals surface area (Å²) < 4.78 is 22.9. The Morgan fingerprint density at radius 1 is 1.04 bits per heavy atom. The van der Waals surface area contributed by atoms with Crippen molar-refractivity contribution in [3.05, 3.63) is 60.4 Å². The number of halogens is 1. The Kier molecular flexibility index (Phi) is 8.57. The summed E-state index contributed by atoms with van der Waals surface area (Å²) in [6.45, 7) is 14.1. The number of benzene rings is 1. The average molecular weight is 735 g/mol. The number of rotatable bonds is 7. The van der Waals surface area contributed by atoms with Crippen molar-refractivity contribution < 1.29 is 18.7 Å². The number of likely N-dealkylation sites (tertiary alicyclic amines) is 2. The lowest BCUT2D eigenvalue weighted by Gasteiger charge is -2.46. The van der Waals surface area contributed by atoms with Gasteiger partial charge in [0, 0.05) is 55.2 Å². The van der Waals surface area contributed by atoms with Gasteiger partial charge >= 0.3 is 0 Å². The minimum Gasteiger partial charge on any atom is -0.365 e. The molecule has 12 heteroatoms. The second kappa shape index (κ2) is 13.1. The molecule has 4 aliphatic heterocycles. The zero-order valence-electron chi connectivity index (χ0n) is 32.0. The molecule has 3 saturated heterocycles. The molecule has 11 nitrogen and oxygen atoms in total. The van der Waals surface area contributed by atoms with E-state index in [1.807, 2.05) is 22.5 Å². The number of carbonyl (C=O) groups is 2. The van der Waals surface area contributed by atoms with Crippen molar-refractivity contribution in [3.63, 3.8) is 0 Å². The SMILES string of the molecule is CC(C)n1cnc2cc(-c3ccc4c(c3)N([C@H]3C[C@@H](N5CCC(C)(C)C5)C3)C(=O)C43CCN(C(=O)C4CC[C@@H](C)O4)CC3)nc(Nc3ccncc3F)c21. The Balaban J connectivity index is 1.07. The number of imidazole rings is 1. The summed E-state index contributed by atoms with van der Waals surface area (Å²) in [4.78, 5) is 48.8. The van der Waals surface area contributed by atoms with Crippen molar-refractivity contribution in [2.24, 2.45) is 5.41 Å². The highest BCUT2D eigenvalue weighted by molar-refractivity contribution is 6.09. The molecule has 1 saturated carbocycles. The van der Waals surface area contributed by atoms with Crippen LogP contribution in [0, 0.1) is 11.2 Å². The second-order valence-electron chi connectivity index (χ2n) is 17.4. The van der Waals surface area contributed by atoms with Crippen molar-refractivity contribution in [1.29, 1.82) is 0 Å². The van der Waals surface area contributed by atoms with Gasteiger partial charge in [0.1, 0.15) is 11.6 Å². The van der Waals surface area contributed by atoms with Gasteiger partial charge in [0.25, 0.3) is 5.91 Å². The van der Waals surface area contributed by atoms with Crippen LogP contribution in [0.15, 0.2) is 49.1 Å². The van der Waals surface area contributed by atoms with Gasteiger partial charge in [-0.15, -0.1) is 0 Å². The van der Waals surface area contributed by atoms with Crippen LogP contribution in [0.4, 0.5) is 21.6 Å². The maximum absolute atomic E-state index is 15.0. The highest BCUT2D eigenvalue weighted by atomic mass is 19.1. The Bertz CT molecular complexity index is 2120. The van der Waals surface area contributed by atoms with E-state index in [0.717, 1.165) is 66.6 Å². The van der Waals surface area contributed by atoms with Gasteiger partial charge in [-0.05, 0) is 101 Å². The Labute approximate surface area is 316 Å². The van der Waals surface area contributed by atoms with Crippen molar-refractivity contribution in [2.75, 3.05) is 36.4 Å². The summed E-state index contributed by atoms with van der Waals surface area (Å²) in [7, 11) is 0. The zero-order valence-corrected chi connectivity index (χ0v) is 32.0. The predicted molar refractivity (Wildman–Crippen MR) is 206 cm³/mol. The average Bonchev–Trinajstić information content (AvgIpc) is 3.91. The smallest absolute Gasteiger partial charge is 0.251 e. The molecule has 9 rings (SSSR count). The first-order chi connectivity index (χ1) is 25.9. The summed E-state index contributed by atoms with van der Waals surface area (Å²) in [5, 5.41) is 3.23. The van der Waals surface area contributed by atoms with Crippen molar-refractivity contribution >= 4 is 40.0 Å². The number of pyridine rings is 2. The number of hydrogen-bond acceptors (Lipinski definition) is 8. The molecule has 1 aromatic carbocycles. The molecule has 7 heterocycles. The Hall–Kier alpha value is -4.42. The fourth-order valence-corrected chi connectivity index (χ4v) is 9.72. The largest absolute Gasteiger partial charge is 0.365 e. The fraction of sp³-hybridized carbons (Fsp3) is 0.548. The third-order valence-corrected chi connectivity index (χ3v) is 12.9. The maximum atomic E-state index is 15.0. The van der Waals surface area contributed by atoms with E-state index in [0.29, 0.717) is 48.9 Å². The van der Waals surface area contributed by atoms with Crippen molar-refractivity contribution in [2.45, 2.75) is 115 Å². The third-order valence-electron chi connectivity index (χ3n) is 12.9. The summed E-state index contributed by atoms with van der Waals surface area (Å²) in [5.41, 5.74) is 4.97. The van der Waals surface area contributed by atoms with Crippen LogP contribution >= 0.6 is 0 Å². The van der Waals surface area contributed by atoms with Crippen molar-refractivity contribution in [3.8, 4) is 11.3 Å². The predicted octanol–water partition coefficient (Wildman–Crippen LogP) is 6.99. The molecule has 5 aliphatic rings. The molecule has 4 aromatic rings. The van der Waals surface area contributed by atoms with Gasteiger partial charge in [0.05, 0.1) is 40.9 Å². The monoisotopic (exact) mass is 734 g/mol. The first-order valence-corrected chi connectivity index (χ1v) is 19.8. The summed E-state index contributed by atoms with van der Waals surface area (Å²) in [5.74, 6) is 0.240. The first-order valence-electron chi connectivity index (χ1n) is 19.8. The lowest BCUT2D eigenvalue weighted by Crippen LogP contribution is -2.58. The van der Waals surface area contributed by atoms with E-state index in [2.05, 4.69) is 66.0 Å². The third kappa shape index (κ3) is 5.87. The van der Waals surface area contributed by atoms with E-state index in [4.69, 9.17) is 14.7 Å².